The second-order valence-electron chi connectivity index (χ2n) is 15.2. The van der Waals surface area contributed by atoms with Gasteiger partial charge in [-0.15, -0.1) is 0 Å². The number of hydrogen-bond donors (Lipinski definition) is 3. The summed E-state index contributed by atoms with van der Waals surface area (Å²) in [7, 11) is 0. The largest absolute Gasteiger partial charge is 0.491 e. The third-order valence-electron chi connectivity index (χ3n) is 9.98. The van der Waals surface area contributed by atoms with Gasteiger partial charge in [0.2, 0.25) is 5.91 Å². The number of aryl methyl sites for hydroxylation is 1. The number of nitrogens with one attached hydrogen (secondary N) is 1. The molecule has 1 heterocycles. The van der Waals surface area contributed by atoms with Gasteiger partial charge in [0, 0.05) is 32.8 Å². The molecule has 0 saturated carbocycles. The third-order valence-corrected chi connectivity index (χ3v) is 9.98. The van der Waals surface area contributed by atoms with Crippen LogP contribution in [0.25, 0.3) is 0 Å². The number of hydrogen-bond acceptors (Lipinski definition) is 10. The number of benzene rings is 1. The van der Waals surface area contributed by atoms with Crippen molar-refractivity contribution in [2.45, 2.75) is 200 Å². The average Bonchev–Trinajstić information content (AvgIpc) is 3.17. The Kier molecular flexibility index (Phi) is 27.1. The lowest BCUT2D eigenvalue weighted by Gasteiger charge is -2.46. The van der Waals surface area contributed by atoms with Crippen LogP contribution in [0.3, 0.4) is 0 Å². The molecule has 11 nitrogen and oxygen atoms in total. The fraction of sp³-hybridized carbons (Fsp3) is 0.841. The smallest absolute Gasteiger partial charge is 0.220 e. The third kappa shape index (κ3) is 19.9. The van der Waals surface area contributed by atoms with Gasteiger partial charge in [-0.3, -0.25) is 4.79 Å². The maximum Gasteiger partial charge on any atom is 0.220 e. The van der Waals surface area contributed by atoms with E-state index in [0.29, 0.717) is 39.5 Å². The summed E-state index contributed by atoms with van der Waals surface area (Å²) in [4.78, 5) is 13.2. The number of rotatable bonds is 33. The number of ether oxygens (including phenoxy) is 7. The van der Waals surface area contributed by atoms with Crippen molar-refractivity contribution in [1.82, 2.24) is 5.32 Å². The summed E-state index contributed by atoms with van der Waals surface area (Å²) in [5, 5.41) is 24.4. The lowest BCUT2D eigenvalue weighted by atomic mass is 9.97. The highest BCUT2D eigenvalue weighted by molar-refractivity contribution is 5.76. The van der Waals surface area contributed by atoms with Crippen LogP contribution in [-0.4, -0.2) is 111 Å². The zero-order chi connectivity index (χ0) is 40.3. The molecule has 1 fully saturated rings. The zero-order valence-corrected chi connectivity index (χ0v) is 35.5. The quantitative estimate of drug-likeness (QED) is 0.0610. The Morgan fingerprint density at radius 1 is 0.727 bits per heavy atom. The molecular formula is C44H79NO10. The predicted molar refractivity (Wildman–Crippen MR) is 218 cm³/mol. The number of carbonyl (C=O) groups is 1. The highest BCUT2D eigenvalue weighted by Crippen LogP contribution is 2.30. The fourth-order valence-corrected chi connectivity index (χ4v) is 6.42. The van der Waals surface area contributed by atoms with E-state index in [1.165, 1.54) is 12.5 Å². The predicted octanol–water partition coefficient (Wildman–Crippen LogP) is 7.70. The van der Waals surface area contributed by atoms with Gasteiger partial charge in [0.15, 0.2) is 6.29 Å². The first kappa shape index (κ1) is 49.3. The Morgan fingerprint density at radius 2 is 1.31 bits per heavy atom. The van der Waals surface area contributed by atoms with E-state index in [9.17, 15) is 15.0 Å². The van der Waals surface area contributed by atoms with Crippen LogP contribution in [0.5, 0.6) is 5.75 Å². The van der Waals surface area contributed by atoms with Crippen LogP contribution in [0.4, 0.5) is 0 Å². The average molecular weight is 782 g/mol. The van der Waals surface area contributed by atoms with Gasteiger partial charge in [0.1, 0.15) is 36.3 Å². The summed E-state index contributed by atoms with van der Waals surface area (Å²) in [6, 6.07) is 7.33. The standard InChI is InChI=1S/C44H79NO10/c1-8-13-20-33(6)54-36-25-23-35(24-26-36)21-18-19-22-39(47)45-37(40(48)34(7)46)31-53-44-43(52-30-17-12-5)42(51-29-16-11-4)41(50-28-15-10-3)38(55-44)32-49-27-14-9-2/h23-26,33-34,37-38,40-44,46,48H,8-22,27-32H2,1-7H3,(H,45,47)/t33?,34-,37+,38?,40-,41?,42?,43?,44?/m1/s1. The van der Waals surface area contributed by atoms with Crippen LogP contribution in [0.1, 0.15) is 144 Å². The second-order valence-corrected chi connectivity index (χ2v) is 15.2. The lowest BCUT2D eigenvalue weighted by Crippen LogP contribution is -2.63. The minimum Gasteiger partial charge on any atom is -0.491 e. The minimum absolute atomic E-state index is 0.103. The molecule has 0 spiro atoms. The molecule has 11 heteroatoms. The summed E-state index contributed by atoms with van der Waals surface area (Å²) in [5.41, 5.74) is 1.19. The van der Waals surface area contributed by atoms with Crippen molar-refractivity contribution < 1.29 is 48.2 Å². The highest BCUT2D eigenvalue weighted by atomic mass is 16.7. The second kappa shape index (κ2) is 30.3. The van der Waals surface area contributed by atoms with E-state index in [0.717, 1.165) is 89.2 Å². The summed E-state index contributed by atoms with van der Waals surface area (Å²) in [6.07, 6.45) is 8.46. The van der Waals surface area contributed by atoms with Crippen LogP contribution in [0, 0.1) is 0 Å². The normalized spacial score (nSPS) is 22.2. The van der Waals surface area contributed by atoms with E-state index in [4.69, 9.17) is 33.2 Å². The molecule has 1 aliphatic rings. The maximum atomic E-state index is 13.2. The van der Waals surface area contributed by atoms with Gasteiger partial charge < -0.3 is 48.7 Å². The fourth-order valence-electron chi connectivity index (χ4n) is 6.42. The Balaban J connectivity index is 2.12. The van der Waals surface area contributed by atoms with Crippen LogP contribution in [0.15, 0.2) is 24.3 Å². The number of carbonyl (C=O) groups excluding carboxylic acids is 1. The number of unbranched alkanes of at least 4 members (excludes halogenated alkanes) is 6. The van der Waals surface area contributed by atoms with Crippen LogP contribution < -0.4 is 10.1 Å². The van der Waals surface area contributed by atoms with Gasteiger partial charge in [-0.25, -0.2) is 0 Å². The highest BCUT2D eigenvalue weighted by Gasteiger charge is 2.49. The van der Waals surface area contributed by atoms with E-state index >= 15 is 0 Å². The van der Waals surface area contributed by atoms with Crippen LogP contribution in [-0.2, 0) is 39.6 Å². The molecule has 0 aromatic heterocycles. The first-order valence-corrected chi connectivity index (χ1v) is 21.8. The topological polar surface area (TPSA) is 134 Å². The van der Waals surface area contributed by atoms with Gasteiger partial charge in [-0.1, -0.05) is 85.3 Å². The molecule has 320 valence electrons. The SMILES string of the molecule is CCCCOCC1OC(OC[C@H](NC(=O)CCCCc2ccc(OC(C)CCCC)cc2)[C@H](O)[C@@H](C)O)C(OCCCC)C(OCCCC)C1OCCCC. The summed E-state index contributed by atoms with van der Waals surface area (Å²) >= 11 is 0. The van der Waals surface area contributed by atoms with Crippen LogP contribution in [0.2, 0.25) is 0 Å². The van der Waals surface area contributed by atoms with Gasteiger partial charge in [0.05, 0.1) is 31.5 Å². The van der Waals surface area contributed by atoms with Crippen molar-refractivity contribution >= 4 is 5.91 Å². The molecule has 55 heavy (non-hydrogen) atoms. The Hall–Kier alpha value is -1.83. The molecule has 9 atom stereocenters. The van der Waals surface area contributed by atoms with Crippen molar-refractivity contribution in [2.24, 2.45) is 0 Å². The first-order valence-electron chi connectivity index (χ1n) is 21.8. The molecule has 1 aliphatic heterocycles. The molecule has 3 N–H and O–H groups in total. The molecule has 1 aromatic rings. The molecule has 1 saturated heterocycles. The van der Waals surface area contributed by atoms with Gasteiger partial charge in [0.25, 0.3) is 0 Å². The van der Waals surface area contributed by atoms with E-state index in [1.807, 2.05) is 12.1 Å². The minimum atomic E-state index is -1.26. The van der Waals surface area contributed by atoms with Crippen molar-refractivity contribution in [2.75, 3.05) is 39.6 Å². The molecule has 2 rings (SSSR count). The van der Waals surface area contributed by atoms with Crippen molar-refractivity contribution in [3.63, 3.8) is 0 Å². The van der Waals surface area contributed by atoms with E-state index in [2.05, 4.69) is 59.0 Å². The summed E-state index contributed by atoms with van der Waals surface area (Å²) < 4.78 is 44.6. The monoisotopic (exact) mass is 782 g/mol. The zero-order valence-electron chi connectivity index (χ0n) is 35.5. The molecular weight excluding hydrogens is 702 g/mol. The van der Waals surface area contributed by atoms with E-state index in [-0.39, 0.29) is 25.0 Å². The molecule has 0 bridgehead atoms. The van der Waals surface area contributed by atoms with E-state index in [1.54, 1.807) is 0 Å². The first-order chi connectivity index (χ1) is 26.7. The van der Waals surface area contributed by atoms with Crippen LogP contribution >= 0.6 is 0 Å². The molecule has 0 radical (unpaired) electrons. The summed E-state index contributed by atoms with van der Waals surface area (Å²) in [6.45, 7) is 16.7. The number of amides is 1. The number of aliphatic hydroxyl groups is 2. The number of aliphatic hydroxyl groups excluding tert-OH is 2. The van der Waals surface area contributed by atoms with Crippen molar-refractivity contribution in [3.05, 3.63) is 29.8 Å². The molecule has 6 unspecified atom stereocenters. The Labute approximate surface area is 333 Å². The van der Waals surface area contributed by atoms with Crippen molar-refractivity contribution in [3.8, 4) is 5.75 Å². The van der Waals surface area contributed by atoms with Gasteiger partial charge >= 0.3 is 0 Å². The Bertz CT molecular complexity index is 1080. The maximum absolute atomic E-state index is 13.2. The molecule has 1 aromatic carbocycles. The van der Waals surface area contributed by atoms with Gasteiger partial charge in [-0.05, 0) is 82.9 Å². The molecule has 0 aliphatic carbocycles. The summed E-state index contributed by atoms with van der Waals surface area (Å²) in [5.74, 6) is 0.662. The Morgan fingerprint density at radius 3 is 1.91 bits per heavy atom. The molecule has 1 amide bonds. The van der Waals surface area contributed by atoms with E-state index < -0.39 is 49.0 Å². The van der Waals surface area contributed by atoms with Crippen molar-refractivity contribution in [1.29, 1.82) is 0 Å². The lowest BCUT2D eigenvalue weighted by molar-refractivity contribution is -0.325. The van der Waals surface area contributed by atoms with Gasteiger partial charge in [-0.2, -0.15) is 0 Å².